The Morgan fingerprint density at radius 3 is 2.56 bits per heavy atom. The summed E-state index contributed by atoms with van der Waals surface area (Å²) in [5.74, 6) is -0.336. The Bertz CT molecular complexity index is 1080. The van der Waals surface area contributed by atoms with Gasteiger partial charge in [-0.2, -0.15) is 0 Å². The van der Waals surface area contributed by atoms with E-state index in [9.17, 15) is 9.18 Å². The molecule has 1 aliphatic heterocycles. The Morgan fingerprint density at radius 1 is 1.22 bits per heavy atom. The van der Waals surface area contributed by atoms with Gasteiger partial charge in [-0.3, -0.25) is 4.79 Å². The minimum atomic E-state index is -0.282. The lowest BCUT2D eigenvalue weighted by atomic mass is 9.82. The van der Waals surface area contributed by atoms with E-state index in [0.29, 0.717) is 13.1 Å². The fraction of sp³-hybridized carbons (Fsp3) is 0.483. The van der Waals surface area contributed by atoms with Gasteiger partial charge in [-0.05, 0) is 42.4 Å². The third-order valence-electron chi connectivity index (χ3n) is 7.15. The van der Waals surface area contributed by atoms with Crippen LogP contribution in [0.15, 0.2) is 60.8 Å². The highest BCUT2D eigenvalue weighted by molar-refractivity contribution is 5.78. The van der Waals surface area contributed by atoms with Crippen LogP contribution >= 0.6 is 0 Å². The molecule has 36 heavy (non-hydrogen) atoms. The van der Waals surface area contributed by atoms with Crippen molar-refractivity contribution in [3.63, 3.8) is 0 Å². The van der Waals surface area contributed by atoms with Gasteiger partial charge in [-0.15, -0.1) is 0 Å². The van der Waals surface area contributed by atoms with Gasteiger partial charge in [0, 0.05) is 37.5 Å². The molecule has 0 aromatic heterocycles. The molecule has 1 heterocycles. The zero-order valence-corrected chi connectivity index (χ0v) is 21.8. The largest absolute Gasteiger partial charge is 0.375 e. The van der Waals surface area contributed by atoms with Gasteiger partial charge in [0.05, 0.1) is 11.7 Å². The average Bonchev–Trinajstić information content (AvgIpc) is 3.43. The van der Waals surface area contributed by atoms with Crippen LogP contribution < -0.4 is 11.1 Å². The maximum absolute atomic E-state index is 14.1. The zero-order valence-electron chi connectivity index (χ0n) is 21.8. The van der Waals surface area contributed by atoms with E-state index in [1.807, 2.05) is 29.2 Å². The van der Waals surface area contributed by atoms with Crippen LogP contribution in [0.3, 0.4) is 0 Å². The summed E-state index contributed by atoms with van der Waals surface area (Å²) >= 11 is 0. The number of hydrogen-bond donors (Lipinski definition) is 2. The van der Waals surface area contributed by atoms with Crippen molar-refractivity contribution in [1.82, 2.24) is 15.1 Å². The molecule has 7 heteroatoms. The molecule has 0 bridgehead atoms. The molecule has 2 aliphatic rings. The van der Waals surface area contributed by atoms with Crippen molar-refractivity contribution in [2.75, 3.05) is 20.3 Å². The lowest BCUT2D eigenvalue weighted by molar-refractivity contribution is -0.142. The Hall–Kier alpha value is -2.90. The summed E-state index contributed by atoms with van der Waals surface area (Å²) in [4.78, 5) is 17.6. The lowest BCUT2D eigenvalue weighted by Crippen LogP contribution is -2.61. The van der Waals surface area contributed by atoms with E-state index >= 15 is 0 Å². The number of hydrogen-bond acceptors (Lipinski definition) is 5. The molecule has 2 aromatic carbocycles. The summed E-state index contributed by atoms with van der Waals surface area (Å²) in [6.07, 6.45) is 4.57. The van der Waals surface area contributed by atoms with E-state index in [-0.39, 0.29) is 41.5 Å². The van der Waals surface area contributed by atoms with Gasteiger partial charge in [0.1, 0.15) is 18.6 Å². The van der Waals surface area contributed by atoms with Crippen LogP contribution in [-0.2, 0) is 16.1 Å². The SMILES string of the molecule is COCC(=O)N(CCC1(N)CC1)[C@@H](C1NC(c2cccc(F)c2)=CN1Cc1ccccc1)C(C)(C)C. The Kier molecular flexibility index (Phi) is 7.71. The molecule has 1 unspecified atom stereocenters. The summed E-state index contributed by atoms with van der Waals surface area (Å²) in [5.41, 5.74) is 8.75. The molecule has 194 valence electrons. The van der Waals surface area contributed by atoms with Gasteiger partial charge in [0.2, 0.25) is 5.91 Å². The molecule has 1 aliphatic carbocycles. The normalized spacial score (nSPS) is 19.4. The van der Waals surface area contributed by atoms with Crippen LogP contribution in [-0.4, -0.2) is 53.7 Å². The first kappa shape index (κ1) is 26.2. The summed E-state index contributed by atoms with van der Waals surface area (Å²) in [5, 5.41) is 3.66. The van der Waals surface area contributed by atoms with Crippen LogP contribution in [0.25, 0.3) is 5.70 Å². The number of nitrogens with one attached hydrogen (secondary N) is 1. The van der Waals surface area contributed by atoms with Gasteiger partial charge in [-0.25, -0.2) is 4.39 Å². The summed E-state index contributed by atoms with van der Waals surface area (Å²) in [6.45, 7) is 7.69. The first-order valence-corrected chi connectivity index (χ1v) is 12.7. The van der Waals surface area contributed by atoms with E-state index in [1.165, 1.54) is 12.1 Å². The summed E-state index contributed by atoms with van der Waals surface area (Å²) < 4.78 is 19.4. The third kappa shape index (κ3) is 6.26. The number of amides is 1. The molecule has 2 atom stereocenters. The third-order valence-corrected chi connectivity index (χ3v) is 7.15. The standard InChI is InChI=1S/C29H39FN4O2/c1-28(2,3)26(34(25(35)20-36-4)16-15-29(31)13-14-29)27-32-24(22-11-8-12-23(30)17-22)19-33(27)18-21-9-6-5-7-10-21/h5-12,17,19,26-27,32H,13-16,18,20,31H2,1-4H3/t26-,27?/m0/s1. The van der Waals surface area contributed by atoms with E-state index in [4.69, 9.17) is 10.5 Å². The molecule has 0 spiro atoms. The highest BCUT2D eigenvalue weighted by atomic mass is 19.1. The second kappa shape index (κ2) is 10.6. The fourth-order valence-electron chi connectivity index (χ4n) is 5.03. The molecule has 0 radical (unpaired) electrons. The van der Waals surface area contributed by atoms with Gasteiger partial charge >= 0.3 is 0 Å². The molecule has 0 saturated heterocycles. The van der Waals surface area contributed by atoms with E-state index < -0.39 is 0 Å². The predicted octanol–water partition coefficient (Wildman–Crippen LogP) is 4.33. The predicted molar refractivity (Wildman–Crippen MR) is 141 cm³/mol. The number of ether oxygens (including phenoxy) is 1. The van der Waals surface area contributed by atoms with Crippen LogP contribution in [0.2, 0.25) is 0 Å². The minimum absolute atomic E-state index is 0.0136. The molecule has 1 saturated carbocycles. The number of nitrogens with two attached hydrogens (primary N) is 1. The van der Waals surface area contributed by atoms with Gasteiger partial charge in [0.15, 0.2) is 0 Å². The van der Waals surface area contributed by atoms with Gasteiger partial charge < -0.3 is 25.6 Å². The van der Waals surface area contributed by atoms with Gasteiger partial charge in [0.25, 0.3) is 0 Å². The summed E-state index contributed by atoms with van der Waals surface area (Å²) in [6, 6.07) is 16.6. The Labute approximate surface area is 214 Å². The van der Waals surface area contributed by atoms with Crippen molar-refractivity contribution < 1.29 is 13.9 Å². The van der Waals surface area contributed by atoms with Crippen molar-refractivity contribution in [3.05, 3.63) is 77.7 Å². The number of nitrogens with zero attached hydrogens (tertiary/aromatic N) is 2. The Balaban J connectivity index is 1.71. The summed E-state index contributed by atoms with van der Waals surface area (Å²) in [7, 11) is 1.55. The fourth-order valence-corrected chi connectivity index (χ4v) is 5.03. The van der Waals surface area contributed by atoms with Crippen molar-refractivity contribution in [3.8, 4) is 0 Å². The first-order chi connectivity index (χ1) is 17.1. The van der Waals surface area contributed by atoms with Crippen molar-refractivity contribution >= 4 is 11.6 Å². The molecule has 1 amide bonds. The van der Waals surface area contributed by atoms with Crippen LogP contribution in [0.5, 0.6) is 0 Å². The molecular formula is C29H39FN4O2. The number of halogens is 1. The number of rotatable bonds is 10. The van der Waals surface area contributed by atoms with Crippen LogP contribution in [0, 0.1) is 11.2 Å². The monoisotopic (exact) mass is 494 g/mol. The number of carbonyl (C=O) groups is 1. The quantitative estimate of drug-likeness (QED) is 0.515. The molecule has 4 rings (SSSR count). The molecular weight excluding hydrogens is 455 g/mol. The highest BCUT2D eigenvalue weighted by Gasteiger charge is 2.45. The number of methoxy groups -OCH3 is 1. The van der Waals surface area contributed by atoms with Crippen LogP contribution in [0.1, 0.15) is 51.2 Å². The molecule has 1 fully saturated rings. The molecule has 2 aromatic rings. The molecule has 3 N–H and O–H groups in total. The van der Waals surface area contributed by atoms with Crippen LogP contribution in [0.4, 0.5) is 4.39 Å². The molecule has 6 nitrogen and oxygen atoms in total. The lowest BCUT2D eigenvalue weighted by Gasteiger charge is -2.46. The first-order valence-electron chi connectivity index (χ1n) is 12.7. The maximum Gasteiger partial charge on any atom is 0.248 e. The number of carbonyl (C=O) groups excluding carboxylic acids is 1. The van der Waals surface area contributed by atoms with E-state index in [1.54, 1.807) is 13.2 Å². The van der Waals surface area contributed by atoms with Crippen molar-refractivity contribution in [2.45, 2.75) is 64.3 Å². The highest BCUT2D eigenvalue weighted by Crippen LogP contribution is 2.38. The Morgan fingerprint density at radius 2 is 1.94 bits per heavy atom. The second-order valence-corrected chi connectivity index (χ2v) is 11.2. The topological polar surface area (TPSA) is 70.8 Å². The number of benzene rings is 2. The second-order valence-electron chi connectivity index (χ2n) is 11.2. The maximum atomic E-state index is 14.1. The van der Waals surface area contributed by atoms with Gasteiger partial charge in [-0.1, -0.05) is 63.2 Å². The van der Waals surface area contributed by atoms with Crippen molar-refractivity contribution in [1.29, 1.82) is 0 Å². The van der Waals surface area contributed by atoms with E-state index in [2.05, 4.69) is 49.3 Å². The van der Waals surface area contributed by atoms with Crippen molar-refractivity contribution in [2.24, 2.45) is 11.1 Å². The minimum Gasteiger partial charge on any atom is -0.375 e. The van der Waals surface area contributed by atoms with E-state index in [0.717, 1.165) is 36.1 Å². The average molecular weight is 495 g/mol. The smallest absolute Gasteiger partial charge is 0.248 e. The zero-order chi connectivity index (χ0) is 25.9.